The van der Waals surface area contributed by atoms with Gasteiger partial charge in [-0.2, -0.15) is 5.10 Å². The summed E-state index contributed by atoms with van der Waals surface area (Å²) in [6.07, 6.45) is 1.90. The molecular weight excluding hydrogens is 294 g/mol. The molecule has 1 aromatic rings. The van der Waals surface area contributed by atoms with Gasteiger partial charge in [-0.05, 0) is 46.7 Å². The number of rotatable bonds is 3. The van der Waals surface area contributed by atoms with Crippen molar-refractivity contribution in [3.05, 3.63) is 28.2 Å². The molecule has 1 aliphatic rings. The van der Waals surface area contributed by atoms with Gasteiger partial charge in [0.25, 0.3) is 0 Å². The third kappa shape index (κ3) is 3.46. The summed E-state index contributed by atoms with van der Waals surface area (Å²) in [5, 5.41) is 6.61. The monoisotopic (exact) mass is 311 g/mol. The van der Waals surface area contributed by atoms with E-state index in [9.17, 15) is 0 Å². The van der Waals surface area contributed by atoms with E-state index in [0.717, 1.165) is 42.0 Å². The Bertz CT molecular complexity index is 428. The molecule has 0 aromatic heterocycles. The summed E-state index contributed by atoms with van der Waals surface area (Å²) in [5.74, 6) is 0.840. The van der Waals surface area contributed by atoms with Crippen LogP contribution < -0.4 is 4.74 Å². The number of hydrazone groups is 1. The van der Waals surface area contributed by atoms with Crippen LogP contribution in [0.5, 0.6) is 5.75 Å². The highest BCUT2D eigenvalue weighted by atomic mass is 79.9. The molecule has 0 amide bonds. The van der Waals surface area contributed by atoms with E-state index in [1.54, 1.807) is 7.11 Å². The molecule has 4 nitrogen and oxygen atoms in total. The Balaban J connectivity index is 1.98. The van der Waals surface area contributed by atoms with E-state index < -0.39 is 0 Å². The number of piperazine rings is 1. The summed E-state index contributed by atoms with van der Waals surface area (Å²) in [4.78, 5) is 2.32. The van der Waals surface area contributed by atoms with Crippen molar-refractivity contribution < 1.29 is 4.74 Å². The Labute approximate surface area is 116 Å². The van der Waals surface area contributed by atoms with Crippen LogP contribution in [-0.2, 0) is 0 Å². The lowest BCUT2D eigenvalue weighted by Gasteiger charge is -2.30. The second-order valence-electron chi connectivity index (χ2n) is 4.40. The van der Waals surface area contributed by atoms with Gasteiger partial charge in [-0.3, -0.25) is 5.01 Å². The predicted octanol–water partition coefficient (Wildman–Crippen LogP) is 2.04. The summed E-state index contributed by atoms with van der Waals surface area (Å²) < 4.78 is 6.15. The normalized spacial score (nSPS) is 17.4. The molecule has 0 bridgehead atoms. The highest BCUT2D eigenvalue weighted by molar-refractivity contribution is 9.10. The van der Waals surface area contributed by atoms with Gasteiger partial charge in [0, 0.05) is 26.2 Å². The van der Waals surface area contributed by atoms with Gasteiger partial charge in [0.05, 0.1) is 17.8 Å². The van der Waals surface area contributed by atoms with E-state index in [0.29, 0.717) is 0 Å². The number of likely N-dealkylation sites (N-methyl/N-ethyl adjacent to an activating group) is 1. The molecule has 1 fully saturated rings. The smallest absolute Gasteiger partial charge is 0.133 e. The van der Waals surface area contributed by atoms with E-state index in [4.69, 9.17) is 4.74 Å². The zero-order chi connectivity index (χ0) is 13.0. The molecule has 0 spiro atoms. The fourth-order valence-corrected chi connectivity index (χ4v) is 2.38. The van der Waals surface area contributed by atoms with Gasteiger partial charge < -0.3 is 9.64 Å². The van der Waals surface area contributed by atoms with Gasteiger partial charge in [-0.25, -0.2) is 0 Å². The fourth-order valence-electron chi connectivity index (χ4n) is 1.82. The van der Waals surface area contributed by atoms with Crippen LogP contribution in [0.15, 0.2) is 27.8 Å². The summed E-state index contributed by atoms with van der Waals surface area (Å²) in [5.41, 5.74) is 1.07. The SMILES string of the molecule is COc1ccc(/C=N\N2CCN(C)CC2)cc1Br. The second kappa shape index (κ2) is 6.20. The third-order valence-corrected chi connectivity index (χ3v) is 3.65. The molecule has 0 radical (unpaired) electrons. The average molecular weight is 312 g/mol. The van der Waals surface area contributed by atoms with Gasteiger partial charge in [0.15, 0.2) is 0 Å². The second-order valence-corrected chi connectivity index (χ2v) is 5.25. The lowest BCUT2D eigenvalue weighted by molar-refractivity contribution is 0.159. The van der Waals surface area contributed by atoms with Gasteiger partial charge in [0.1, 0.15) is 5.75 Å². The number of hydrogen-bond donors (Lipinski definition) is 0. The van der Waals surface area contributed by atoms with Crippen LogP contribution in [0, 0.1) is 0 Å². The minimum atomic E-state index is 0.840. The molecule has 18 heavy (non-hydrogen) atoms. The lowest BCUT2D eigenvalue weighted by atomic mass is 10.2. The number of methoxy groups -OCH3 is 1. The number of ether oxygens (including phenoxy) is 1. The van der Waals surface area contributed by atoms with E-state index in [1.165, 1.54) is 0 Å². The first kappa shape index (κ1) is 13.4. The molecule has 98 valence electrons. The Morgan fingerprint density at radius 1 is 1.28 bits per heavy atom. The van der Waals surface area contributed by atoms with Crippen LogP contribution >= 0.6 is 15.9 Å². The Morgan fingerprint density at radius 2 is 2.00 bits per heavy atom. The van der Waals surface area contributed by atoms with Crippen molar-refractivity contribution in [2.24, 2.45) is 5.10 Å². The maximum Gasteiger partial charge on any atom is 0.133 e. The Hall–Kier alpha value is -1.07. The number of benzene rings is 1. The first-order valence-electron chi connectivity index (χ1n) is 6.00. The van der Waals surface area contributed by atoms with E-state index in [-0.39, 0.29) is 0 Å². The quantitative estimate of drug-likeness (QED) is 0.800. The number of hydrogen-bond acceptors (Lipinski definition) is 4. The predicted molar refractivity (Wildman–Crippen MR) is 77.4 cm³/mol. The van der Waals surface area contributed by atoms with Crippen molar-refractivity contribution in [2.75, 3.05) is 40.3 Å². The molecule has 1 aromatic carbocycles. The van der Waals surface area contributed by atoms with E-state index in [2.05, 4.69) is 38.0 Å². The first-order chi connectivity index (χ1) is 8.69. The molecule has 0 atom stereocenters. The first-order valence-corrected chi connectivity index (χ1v) is 6.79. The van der Waals surface area contributed by atoms with Crippen LogP contribution in [0.2, 0.25) is 0 Å². The number of halogens is 1. The van der Waals surface area contributed by atoms with Crippen LogP contribution in [-0.4, -0.2) is 56.5 Å². The van der Waals surface area contributed by atoms with Crippen molar-refractivity contribution in [3.63, 3.8) is 0 Å². The van der Waals surface area contributed by atoms with Crippen LogP contribution in [0.4, 0.5) is 0 Å². The van der Waals surface area contributed by atoms with Gasteiger partial charge in [-0.15, -0.1) is 0 Å². The average Bonchev–Trinajstić information content (AvgIpc) is 2.38. The highest BCUT2D eigenvalue weighted by Crippen LogP contribution is 2.24. The lowest BCUT2D eigenvalue weighted by Crippen LogP contribution is -2.41. The fraction of sp³-hybridized carbons (Fsp3) is 0.462. The topological polar surface area (TPSA) is 28.1 Å². The van der Waals surface area contributed by atoms with Gasteiger partial charge in [-0.1, -0.05) is 0 Å². The van der Waals surface area contributed by atoms with E-state index >= 15 is 0 Å². The molecule has 0 saturated carbocycles. The van der Waals surface area contributed by atoms with Crippen molar-refractivity contribution in [2.45, 2.75) is 0 Å². The van der Waals surface area contributed by atoms with Crippen molar-refractivity contribution in [3.8, 4) is 5.75 Å². The number of nitrogens with zero attached hydrogens (tertiary/aromatic N) is 3. The van der Waals surface area contributed by atoms with Crippen molar-refractivity contribution in [1.82, 2.24) is 9.91 Å². The summed E-state index contributed by atoms with van der Waals surface area (Å²) in [6, 6.07) is 5.96. The maximum absolute atomic E-state index is 5.20. The van der Waals surface area contributed by atoms with Gasteiger partial charge in [0.2, 0.25) is 0 Å². The summed E-state index contributed by atoms with van der Waals surface area (Å²) >= 11 is 3.47. The maximum atomic E-state index is 5.20. The molecule has 0 N–H and O–H groups in total. The zero-order valence-electron chi connectivity index (χ0n) is 10.8. The van der Waals surface area contributed by atoms with Crippen LogP contribution in [0.1, 0.15) is 5.56 Å². The molecule has 1 aliphatic heterocycles. The molecule has 0 unspecified atom stereocenters. The summed E-state index contributed by atoms with van der Waals surface area (Å²) in [7, 11) is 3.81. The van der Waals surface area contributed by atoms with Gasteiger partial charge >= 0.3 is 0 Å². The molecule has 1 saturated heterocycles. The Kier molecular flexibility index (Phi) is 4.60. The molecule has 1 heterocycles. The highest BCUT2D eigenvalue weighted by Gasteiger charge is 2.10. The minimum Gasteiger partial charge on any atom is -0.496 e. The molecular formula is C13H18BrN3O. The van der Waals surface area contributed by atoms with Crippen molar-refractivity contribution in [1.29, 1.82) is 0 Å². The van der Waals surface area contributed by atoms with Crippen LogP contribution in [0.25, 0.3) is 0 Å². The summed E-state index contributed by atoms with van der Waals surface area (Å²) in [6.45, 7) is 4.13. The molecule has 2 rings (SSSR count). The van der Waals surface area contributed by atoms with E-state index in [1.807, 2.05) is 24.4 Å². The van der Waals surface area contributed by atoms with Crippen molar-refractivity contribution >= 4 is 22.1 Å². The van der Waals surface area contributed by atoms with Crippen LogP contribution in [0.3, 0.4) is 0 Å². The molecule has 5 heteroatoms. The Morgan fingerprint density at radius 3 is 2.61 bits per heavy atom. The molecule has 0 aliphatic carbocycles. The zero-order valence-corrected chi connectivity index (χ0v) is 12.4. The standard InChI is InChI=1S/C13H18BrN3O/c1-16-5-7-17(8-6-16)15-10-11-3-4-13(18-2)12(14)9-11/h3-4,9-10H,5-8H2,1-2H3/b15-10-. The minimum absolute atomic E-state index is 0.840. The largest absolute Gasteiger partial charge is 0.496 e. The third-order valence-electron chi connectivity index (χ3n) is 3.03.